The average Bonchev–Trinajstić information content (AvgIpc) is 2.63. The Hall–Kier alpha value is -2.60. The van der Waals surface area contributed by atoms with E-state index in [2.05, 4.69) is 6.92 Å². The van der Waals surface area contributed by atoms with Crippen LogP contribution >= 0.6 is 0 Å². The number of aromatic hydroxyl groups is 4. The average molecular weight is 374 g/mol. The van der Waals surface area contributed by atoms with Crippen molar-refractivity contribution in [3.05, 3.63) is 41.5 Å². The molecule has 1 heterocycles. The third-order valence-corrected chi connectivity index (χ3v) is 4.82. The molecule has 1 aliphatic rings. The minimum absolute atomic E-state index is 0.0309. The molecule has 2 aromatic carbocycles. The van der Waals surface area contributed by atoms with Crippen molar-refractivity contribution in [2.45, 2.75) is 51.2 Å². The number of phenols is 4. The second kappa shape index (κ2) is 8.39. The predicted octanol–water partition coefficient (Wildman–Crippen LogP) is 4.15. The molecule has 4 N–H and O–H groups in total. The van der Waals surface area contributed by atoms with Gasteiger partial charge in [0.25, 0.3) is 0 Å². The Labute approximate surface area is 158 Å². The maximum absolute atomic E-state index is 10.2. The second-order valence-corrected chi connectivity index (χ2v) is 6.90. The lowest BCUT2D eigenvalue weighted by atomic mass is 9.93. The Morgan fingerprint density at radius 3 is 2.52 bits per heavy atom. The van der Waals surface area contributed by atoms with Gasteiger partial charge in [-0.05, 0) is 24.1 Å². The van der Waals surface area contributed by atoms with Gasteiger partial charge in [-0.15, -0.1) is 0 Å². The highest BCUT2D eigenvalue weighted by Gasteiger charge is 2.34. The van der Waals surface area contributed by atoms with E-state index < -0.39 is 6.10 Å². The molecule has 2 aromatic rings. The van der Waals surface area contributed by atoms with E-state index >= 15 is 0 Å². The second-order valence-electron chi connectivity index (χ2n) is 6.90. The molecule has 0 aliphatic carbocycles. The topological polar surface area (TPSA) is 99.4 Å². The smallest absolute Gasteiger partial charge is 0.157 e. The van der Waals surface area contributed by atoms with E-state index in [-0.39, 0.29) is 29.1 Å². The van der Waals surface area contributed by atoms with Gasteiger partial charge in [0.1, 0.15) is 23.4 Å². The molecule has 0 fully saturated rings. The van der Waals surface area contributed by atoms with E-state index in [4.69, 9.17) is 9.47 Å². The molecule has 6 nitrogen and oxygen atoms in total. The Kier molecular flexibility index (Phi) is 5.96. The maximum atomic E-state index is 10.2. The molecule has 0 saturated heterocycles. The number of ether oxygens (including phenoxy) is 2. The Balaban J connectivity index is 1.85. The van der Waals surface area contributed by atoms with Gasteiger partial charge in [-0.25, -0.2) is 0 Å². The summed E-state index contributed by atoms with van der Waals surface area (Å²) in [5, 5.41) is 39.3. The molecule has 2 atom stereocenters. The van der Waals surface area contributed by atoms with Crippen molar-refractivity contribution in [3.63, 3.8) is 0 Å². The maximum Gasteiger partial charge on any atom is 0.157 e. The van der Waals surface area contributed by atoms with Crippen molar-refractivity contribution in [2.75, 3.05) is 6.61 Å². The quantitative estimate of drug-likeness (QED) is 0.429. The number of rotatable bonds is 7. The van der Waals surface area contributed by atoms with Gasteiger partial charge in [0.05, 0.1) is 0 Å². The SMILES string of the molecule is CCCCCCO[C@@H]1Cc2c(O)cc(O)cc2O[C@@H]1c1ccc(O)c(O)c1. The normalized spacial score (nSPS) is 18.7. The van der Waals surface area contributed by atoms with Gasteiger partial charge in [-0.2, -0.15) is 0 Å². The molecular weight excluding hydrogens is 348 g/mol. The van der Waals surface area contributed by atoms with Crippen LogP contribution in [-0.2, 0) is 11.2 Å². The van der Waals surface area contributed by atoms with Crippen LogP contribution in [0.4, 0.5) is 0 Å². The molecule has 0 radical (unpaired) electrons. The zero-order chi connectivity index (χ0) is 19.4. The zero-order valence-corrected chi connectivity index (χ0v) is 15.4. The van der Waals surface area contributed by atoms with Crippen molar-refractivity contribution >= 4 is 0 Å². The predicted molar refractivity (Wildman–Crippen MR) is 100 cm³/mol. The molecule has 0 saturated carbocycles. The van der Waals surface area contributed by atoms with E-state index in [0.29, 0.717) is 29.9 Å². The zero-order valence-electron chi connectivity index (χ0n) is 15.4. The van der Waals surface area contributed by atoms with Crippen molar-refractivity contribution in [1.29, 1.82) is 0 Å². The minimum Gasteiger partial charge on any atom is -0.508 e. The monoisotopic (exact) mass is 374 g/mol. The van der Waals surface area contributed by atoms with Gasteiger partial charge in [-0.1, -0.05) is 32.3 Å². The van der Waals surface area contributed by atoms with Crippen LogP contribution in [0.5, 0.6) is 28.7 Å². The molecular formula is C21H26O6. The summed E-state index contributed by atoms with van der Waals surface area (Å²) in [4.78, 5) is 0. The van der Waals surface area contributed by atoms with Crippen LogP contribution in [0.25, 0.3) is 0 Å². The lowest BCUT2D eigenvalue weighted by molar-refractivity contribution is -0.0393. The summed E-state index contributed by atoms with van der Waals surface area (Å²) in [6.07, 6.45) is 3.85. The fourth-order valence-electron chi connectivity index (χ4n) is 3.36. The number of benzene rings is 2. The first-order valence-corrected chi connectivity index (χ1v) is 9.34. The number of unbranched alkanes of at least 4 members (excludes halogenated alkanes) is 3. The van der Waals surface area contributed by atoms with E-state index in [1.807, 2.05) is 0 Å². The fraction of sp³-hybridized carbons (Fsp3) is 0.429. The Morgan fingerprint density at radius 2 is 1.78 bits per heavy atom. The van der Waals surface area contributed by atoms with Gasteiger partial charge in [0.2, 0.25) is 0 Å². The Morgan fingerprint density at radius 1 is 0.963 bits per heavy atom. The molecule has 146 valence electrons. The Bertz CT molecular complexity index is 788. The molecule has 3 rings (SSSR count). The minimum atomic E-state index is -0.531. The van der Waals surface area contributed by atoms with Gasteiger partial charge in [0.15, 0.2) is 17.6 Å². The first kappa shape index (κ1) is 19.2. The summed E-state index contributed by atoms with van der Waals surface area (Å²) in [7, 11) is 0. The number of phenolic OH excluding ortho intramolecular Hbond substituents is 4. The van der Waals surface area contributed by atoms with Crippen molar-refractivity contribution in [3.8, 4) is 28.7 Å². The molecule has 0 amide bonds. The van der Waals surface area contributed by atoms with Gasteiger partial charge in [-0.3, -0.25) is 0 Å². The van der Waals surface area contributed by atoms with Crippen LogP contribution in [0.2, 0.25) is 0 Å². The first-order valence-electron chi connectivity index (χ1n) is 9.34. The van der Waals surface area contributed by atoms with E-state index in [0.717, 1.165) is 25.7 Å². The highest BCUT2D eigenvalue weighted by atomic mass is 16.5. The molecule has 0 spiro atoms. The molecule has 27 heavy (non-hydrogen) atoms. The van der Waals surface area contributed by atoms with Crippen molar-refractivity contribution in [2.24, 2.45) is 0 Å². The van der Waals surface area contributed by atoms with Crippen LogP contribution in [0, 0.1) is 0 Å². The van der Waals surface area contributed by atoms with E-state index in [9.17, 15) is 20.4 Å². The summed E-state index contributed by atoms with van der Waals surface area (Å²) in [5.41, 5.74) is 1.24. The summed E-state index contributed by atoms with van der Waals surface area (Å²) >= 11 is 0. The third kappa shape index (κ3) is 4.39. The molecule has 0 unspecified atom stereocenters. The lowest BCUT2D eigenvalue weighted by Gasteiger charge is -2.34. The summed E-state index contributed by atoms with van der Waals surface area (Å²) < 4.78 is 12.1. The largest absolute Gasteiger partial charge is 0.508 e. The third-order valence-electron chi connectivity index (χ3n) is 4.82. The number of hydrogen-bond acceptors (Lipinski definition) is 6. The molecule has 6 heteroatoms. The lowest BCUT2D eigenvalue weighted by Crippen LogP contribution is -2.33. The highest BCUT2D eigenvalue weighted by molar-refractivity contribution is 5.52. The summed E-state index contributed by atoms with van der Waals surface area (Å²) in [6, 6.07) is 7.26. The van der Waals surface area contributed by atoms with Crippen molar-refractivity contribution in [1.82, 2.24) is 0 Å². The van der Waals surface area contributed by atoms with Crippen LogP contribution < -0.4 is 4.74 Å². The van der Waals surface area contributed by atoms with Crippen LogP contribution in [0.15, 0.2) is 30.3 Å². The van der Waals surface area contributed by atoms with Gasteiger partial charge < -0.3 is 29.9 Å². The molecule has 0 bridgehead atoms. The molecule has 1 aliphatic heterocycles. The number of hydrogen-bond donors (Lipinski definition) is 4. The van der Waals surface area contributed by atoms with E-state index in [1.165, 1.54) is 24.3 Å². The van der Waals surface area contributed by atoms with Crippen molar-refractivity contribution < 1.29 is 29.9 Å². The summed E-state index contributed by atoms with van der Waals surface area (Å²) in [6.45, 7) is 2.72. The molecule has 0 aromatic heterocycles. The standard InChI is InChI=1S/C21H26O6/c1-2-3-4-5-8-26-20-12-15-17(24)10-14(22)11-19(15)27-21(20)13-6-7-16(23)18(25)9-13/h6-7,9-11,20-25H,2-5,8,12H2,1H3/t20-,21-/m1/s1. The fourth-order valence-corrected chi connectivity index (χ4v) is 3.36. The van der Waals surface area contributed by atoms with Crippen LogP contribution in [0.1, 0.15) is 49.8 Å². The highest BCUT2D eigenvalue weighted by Crippen LogP contribution is 2.43. The van der Waals surface area contributed by atoms with Gasteiger partial charge in [0, 0.05) is 30.7 Å². The van der Waals surface area contributed by atoms with E-state index in [1.54, 1.807) is 6.07 Å². The van der Waals surface area contributed by atoms with Crippen LogP contribution in [-0.4, -0.2) is 33.1 Å². The van der Waals surface area contributed by atoms with Gasteiger partial charge >= 0.3 is 0 Å². The number of fused-ring (bicyclic) bond motifs is 1. The summed E-state index contributed by atoms with van der Waals surface area (Å²) in [5.74, 6) is -0.172. The van der Waals surface area contributed by atoms with Crippen LogP contribution in [0.3, 0.4) is 0 Å². The first-order chi connectivity index (χ1) is 13.0.